The number of para-hydroxylation sites is 2. The molecule has 4 aliphatic rings. The van der Waals surface area contributed by atoms with Crippen LogP contribution in [0.5, 0.6) is 0 Å². The van der Waals surface area contributed by atoms with Gasteiger partial charge >= 0.3 is 35.8 Å². The first kappa shape index (κ1) is 51.8. The lowest BCUT2D eigenvalue weighted by molar-refractivity contribution is -0.187. The third-order valence-corrected chi connectivity index (χ3v) is 12.9. The number of esters is 6. The molecule has 14 heteroatoms. The first-order chi connectivity index (χ1) is 30.4. The van der Waals surface area contributed by atoms with Crippen LogP contribution in [0.2, 0.25) is 0 Å². The number of nitrogens with one attached hydrogen (secondary N) is 2. The molecule has 14 nitrogen and oxygen atoms in total. The number of hydrogen-bond acceptors (Lipinski definition) is 14. The van der Waals surface area contributed by atoms with Gasteiger partial charge in [-0.05, 0) is 146 Å². The van der Waals surface area contributed by atoms with Gasteiger partial charge in [0.1, 0.15) is 22.4 Å². The van der Waals surface area contributed by atoms with Crippen molar-refractivity contribution in [2.75, 3.05) is 24.9 Å². The topological polar surface area (TPSA) is 182 Å². The minimum absolute atomic E-state index is 0.150. The Hall–Kier alpha value is -5.14. The SMILES string of the molecule is COC(=O)[C@@H]1CC[C@@H](C)C[C@]12Nc1ccccc1C2(C(=O)OC(C)(C)C)C(=O)OC(C)(C)C.COC(=O)[C@@H]1CC[C@@H](C)C[C@]12Nc1ccccc1C2(C(=O)OC(C)(C)C)C(=O)OC(C)(C)C. The summed E-state index contributed by atoms with van der Waals surface area (Å²) in [4.78, 5) is 83.0. The van der Waals surface area contributed by atoms with Gasteiger partial charge in [-0.15, -0.1) is 0 Å². The summed E-state index contributed by atoms with van der Waals surface area (Å²) in [7, 11) is 2.66. The monoisotopic (exact) mass is 919 g/mol. The largest absolute Gasteiger partial charge is 0.469 e. The van der Waals surface area contributed by atoms with Crippen molar-refractivity contribution >= 4 is 47.2 Å². The molecule has 66 heavy (non-hydrogen) atoms. The minimum atomic E-state index is -1.88. The van der Waals surface area contributed by atoms with Crippen LogP contribution >= 0.6 is 0 Å². The Morgan fingerprint density at radius 3 is 1.00 bits per heavy atom. The number of methoxy groups -OCH3 is 2. The highest BCUT2D eigenvalue weighted by molar-refractivity contribution is 6.14. The molecule has 2 aromatic rings. The number of hydrogen-bond donors (Lipinski definition) is 2. The molecule has 2 saturated carbocycles. The fourth-order valence-electron chi connectivity index (χ4n) is 10.8. The standard InChI is InChI=1S/2C26H37NO6/c2*1-16-13-14-18(20(28)31-8)25(15-16)26(21(29)32-23(2,3)4,22(30)33-24(5,6)7)17-11-9-10-12-19(17)27-25/h2*9-12,16,18,27H,13-15H2,1-8H3/t2*16-,18+,25+/m11/s1. The van der Waals surface area contributed by atoms with Crippen LogP contribution in [0.25, 0.3) is 0 Å². The van der Waals surface area contributed by atoms with Gasteiger partial charge in [0.2, 0.25) is 10.8 Å². The van der Waals surface area contributed by atoms with E-state index in [2.05, 4.69) is 24.5 Å². The van der Waals surface area contributed by atoms with Crippen molar-refractivity contribution in [1.82, 2.24) is 0 Å². The smallest absolute Gasteiger partial charge is 0.331 e. The van der Waals surface area contributed by atoms with Crippen LogP contribution in [0.3, 0.4) is 0 Å². The van der Waals surface area contributed by atoms with E-state index in [9.17, 15) is 28.8 Å². The van der Waals surface area contributed by atoms with Crippen molar-refractivity contribution in [2.45, 2.75) is 180 Å². The molecule has 2 aliphatic heterocycles. The highest BCUT2D eigenvalue weighted by Crippen LogP contribution is 2.61. The highest BCUT2D eigenvalue weighted by Gasteiger charge is 2.76. The van der Waals surface area contributed by atoms with Crippen molar-refractivity contribution < 1.29 is 57.2 Å². The average molecular weight is 919 g/mol. The second-order valence-corrected chi connectivity index (χ2v) is 22.7. The molecule has 364 valence electrons. The third-order valence-electron chi connectivity index (χ3n) is 12.9. The van der Waals surface area contributed by atoms with Crippen LogP contribution in [0.15, 0.2) is 48.5 Å². The van der Waals surface area contributed by atoms with Crippen molar-refractivity contribution in [3.63, 3.8) is 0 Å². The molecule has 0 bridgehead atoms. The number of benzene rings is 2. The normalized spacial score (nSPS) is 26.2. The lowest BCUT2D eigenvalue weighted by Crippen LogP contribution is -2.69. The summed E-state index contributed by atoms with van der Waals surface area (Å²) in [5.41, 5.74) is -7.56. The lowest BCUT2D eigenvalue weighted by atomic mass is 9.55. The van der Waals surface area contributed by atoms with Gasteiger partial charge in [-0.3, -0.25) is 28.8 Å². The fraction of sp³-hybridized carbons (Fsp3) is 0.654. The van der Waals surface area contributed by atoms with E-state index in [4.69, 9.17) is 28.4 Å². The predicted molar refractivity (Wildman–Crippen MR) is 249 cm³/mol. The van der Waals surface area contributed by atoms with Gasteiger partial charge in [-0.1, -0.05) is 50.2 Å². The van der Waals surface area contributed by atoms with Crippen LogP contribution in [0, 0.1) is 23.7 Å². The van der Waals surface area contributed by atoms with Gasteiger partial charge in [-0.2, -0.15) is 0 Å². The molecule has 2 spiro atoms. The van der Waals surface area contributed by atoms with Gasteiger partial charge in [0.05, 0.1) is 37.1 Å². The Morgan fingerprint density at radius 1 is 0.470 bits per heavy atom. The highest BCUT2D eigenvalue weighted by atomic mass is 16.6. The van der Waals surface area contributed by atoms with Crippen LogP contribution in [-0.4, -0.2) is 83.5 Å². The molecule has 0 aromatic heterocycles. The van der Waals surface area contributed by atoms with E-state index in [1.54, 1.807) is 107 Å². The fourth-order valence-corrected chi connectivity index (χ4v) is 10.8. The lowest BCUT2D eigenvalue weighted by Gasteiger charge is -2.51. The zero-order valence-electron chi connectivity index (χ0n) is 42.1. The Bertz CT molecular complexity index is 1980. The summed E-state index contributed by atoms with van der Waals surface area (Å²) in [6.45, 7) is 25.2. The van der Waals surface area contributed by atoms with E-state index in [-0.39, 0.29) is 11.8 Å². The molecule has 2 heterocycles. The van der Waals surface area contributed by atoms with E-state index in [0.717, 1.165) is 12.8 Å². The molecule has 2 aliphatic carbocycles. The predicted octanol–water partition coefficient (Wildman–Crippen LogP) is 8.76. The van der Waals surface area contributed by atoms with Gasteiger partial charge in [0.25, 0.3) is 0 Å². The van der Waals surface area contributed by atoms with Crippen molar-refractivity contribution in [2.24, 2.45) is 23.7 Å². The Kier molecular flexibility index (Phi) is 14.3. The van der Waals surface area contributed by atoms with E-state index in [0.29, 0.717) is 48.2 Å². The molecule has 0 amide bonds. The van der Waals surface area contributed by atoms with E-state index < -0.39 is 92.0 Å². The number of carbonyl (C=O) groups is 6. The van der Waals surface area contributed by atoms with Crippen LogP contribution in [-0.2, 0) is 68.0 Å². The summed E-state index contributed by atoms with van der Waals surface area (Å²) in [6.07, 6.45) is 3.31. The molecule has 2 aromatic carbocycles. The van der Waals surface area contributed by atoms with Crippen molar-refractivity contribution in [3.05, 3.63) is 59.7 Å². The summed E-state index contributed by atoms with van der Waals surface area (Å²) < 4.78 is 34.0. The van der Waals surface area contributed by atoms with Crippen LogP contribution < -0.4 is 10.6 Å². The Balaban J connectivity index is 0.000000247. The van der Waals surface area contributed by atoms with Crippen molar-refractivity contribution in [3.8, 4) is 0 Å². The number of fused-ring (bicyclic) bond motifs is 2. The van der Waals surface area contributed by atoms with Gasteiger partial charge < -0.3 is 39.1 Å². The summed E-state index contributed by atoms with van der Waals surface area (Å²) in [5.74, 6) is -4.98. The number of carbonyl (C=O) groups excluding carboxylic acids is 6. The molecule has 0 saturated heterocycles. The first-order valence-electron chi connectivity index (χ1n) is 23.2. The molecule has 2 N–H and O–H groups in total. The van der Waals surface area contributed by atoms with E-state index >= 15 is 0 Å². The number of anilines is 2. The minimum Gasteiger partial charge on any atom is -0.469 e. The van der Waals surface area contributed by atoms with Crippen LogP contribution in [0.1, 0.15) is 147 Å². The van der Waals surface area contributed by atoms with Gasteiger partial charge in [-0.25, -0.2) is 0 Å². The average Bonchev–Trinajstić information content (AvgIpc) is 3.62. The zero-order valence-corrected chi connectivity index (χ0v) is 42.1. The maximum absolute atomic E-state index is 14.2. The first-order valence-corrected chi connectivity index (χ1v) is 23.2. The zero-order chi connectivity index (χ0) is 49.6. The second kappa shape index (κ2) is 18.2. The number of ether oxygens (including phenoxy) is 6. The van der Waals surface area contributed by atoms with Gasteiger partial charge in [0, 0.05) is 22.5 Å². The molecule has 6 rings (SSSR count). The summed E-state index contributed by atoms with van der Waals surface area (Å²) >= 11 is 0. The van der Waals surface area contributed by atoms with Crippen LogP contribution in [0.4, 0.5) is 11.4 Å². The summed E-state index contributed by atoms with van der Waals surface area (Å²) in [5, 5.41) is 6.93. The van der Waals surface area contributed by atoms with E-state index in [1.165, 1.54) is 14.2 Å². The number of rotatable bonds is 6. The third kappa shape index (κ3) is 9.39. The van der Waals surface area contributed by atoms with E-state index in [1.807, 2.05) is 24.3 Å². The summed E-state index contributed by atoms with van der Waals surface area (Å²) in [6, 6.07) is 14.4. The molecular formula is C52H74N2O12. The Labute approximate surface area is 391 Å². The Morgan fingerprint density at radius 2 is 0.742 bits per heavy atom. The maximum atomic E-state index is 14.2. The maximum Gasteiger partial charge on any atom is 0.331 e. The molecule has 0 radical (unpaired) electrons. The molecule has 0 unspecified atom stereocenters. The second-order valence-electron chi connectivity index (χ2n) is 22.7. The quantitative estimate of drug-likeness (QED) is 0.159. The molecule has 2 fully saturated rings. The molecular weight excluding hydrogens is 845 g/mol. The van der Waals surface area contributed by atoms with Crippen molar-refractivity contribution in [1.29, 1.82) is 0 Å². The van der Waals surface area contributed by atoms with Gasteiger partial charge in [0.15, 0.2) is 0 Å². The molecule has 6 atom stereocenters.